The first-order chi connectivity index (χ1) is 16.7. The molecule has 1 heterocycles. The van der Waals surface area contributed by atoms with Crippen LogP contribution in [-0.2, 0) is 9.53 Å². The second-order valence-electron chi connectivity index (χ2n) is 8.14. The summed E-state index contributed by atoms with van der Waals surface area (Å²) in [7, 11) is -3.09. The summed E-state index contributed by atoms with van der Waals surface area (Å²) in [5.74, 6) is -1.48. The number of nitrogens with zero attached hydrogens (tertiary/aromatic N) is 1. The van der Waals surface area contributed by atoms with E-state index in [2.05, 4.69) is 6.07 Å². The number of nitriles is 1. The average Bonchev–Trinajstić information content (AvgIpc) is 3.20. The topological polar surface area (TPSA) is 70.3 Å². The van der Waals surface area contributed by atoms with Crippen molar-refractivity contribution in [3.8, 4) is 6.07 Å². The Morgan fingerprint density at radius 2 is 1.15 bits per heavy atom. The Kier molecular flexibility index (Phi) is 5.72. The average molecular weight is 463 g/mol. The summed E-state index contributed by atoms with van der Waals surface area (Å²) in [6.07, 6.45) is 0. The minimum absolute atomic E-state index is 0.0714. The molecule has 1 unspecified atom stereocenters. The molecule has 4 aromatic rings. The molecule has 1 N–H and O–H groups in total. The Morgan fingerprint density at radius 3 is 1.56 bits per heavy atom. The molecule has 0 aromatic heterocycles. The minimum atomic E-state index is -3.09. The number of ether oxygens (including phenoxy) is 1. The summed E-state index contributed by atoms with van der Waals surface area (Å²) in [4.78, 5) is 13.2. The normalized spacial score (nSPS) is 16.1. The van der Waals surface area contributed by atoms with Crippen LogP contribution < -0.4 is 15.9 Å². The molecule has 4 aromatic carbocycles. The molecule has 34 heavy (non-hydrogen) atoms. The maximum atomic E-state index is 13.2. The Hall–Kier alpha value is -4.19. The summed E-state index contributed by atoms with van der Waals surface area (Å²) >= 11 is 0. The molecule has 0 aliphatic carbocycles. The number of esters is 1. The fourth-order valence-electron chi connectivity index (χ4n) is 4.79. The molecule has 4 nitrogen and oxygen atoms in total. The van der Waals surface area contributed by atoms with Crippen molar-refractivity contribution in [1.82, 2.24) is 0 Å². The van der Waals surface area contributed by atoms with Crippen LogP contribution in [0, 0.1) is 11.3 Å². The van der Waals surface area contributed by atoms with Crippen molar-refractivity contribution in [3.63, 3.8) is 0 Å². The van der Waals surface area contributed by atoms with Gasteiger partial charge in [0.2, 0.25) is 0 Å². The van der Waals surface area contributed by atoms with Crippen LogP contribution in [0.5, 0.6) is 0 Å². The fourth-order valence-corrected chi connectivity index (χ4v) is 9.69. The monoisotopic (exact) mass is 463 g/mol. The van der Waals surface area contributed by atoms with E-state index in [0.717, 1.165) is 15.9 Å². The van der Waals surface area contributed by atoms with Crippen molar-refractivity contribution in [1.29, 1.82) is 5.26 Å². The SMILES string of the molecule is N#Cc1ccc(C2=C(O)C([PH](c3ccccc3)(c3ccccc3)c3ccccc3)OC2=O)cc1. The van der Waals surface area contributed by atoms with E-state index in [4.69, 9.17) is 10.00 Å². The molecule has 0 bridgehead atoms. The molecule has 0 saturated carbocycles. The van der Waals surface area contributed by atoms with Crippen molar-refractivity contribution in [2.24, 2.45) is 0 Å². The molecule has 1 aliphatic rings. The van der Waals surface area contributed by atoms with E-state index in [9.17, 15) is 9.90 Å². The van der Waals surface area contributed by atoms with E-state index in [-0.39, 0.29) is 11.3 Å². The predicted molar refractivity (Wildman–Crippen MR) is 137 cm³/mol. The van der Waals surface area contributed by atoms with Crippen LogP contribution in [0.4, 0.5) is 0 Å². The Balaban J connectivity index is 1.80. The van der Waals surface area contributed by atoms with E-state index in [1.807, 2.05) is 91.0 Å². The van der Waals surface area contributed by atoms with Crippen LogP contribution in [0.15, 0.2) is 121 Å². The van der Waals surface area contributed by atoms with E-state index < -0.39 is 19.1 Å². The van der Waals surface area contributed by atoms with Gasteiger partial charge in [-0.1, -0.05) is 0 Å². The number of benzene rings is 4. The summed E-state index contributed by atoms with van der Waals surface area (Å²) in [5, 5.41) is 23.8. The molecule has 0 amide bonds. The zero-order valence-electron chi connectivity index (χ0n) is 18.3. The van der Waals surface area contributed by atoms with E-state index in [1.165, 1.54) is 0 Å². The number of rotatable bonds is 5. The van der Waals surface area contributed by atoms with Gasteiger partial charge in [0.15, 0.2) is 0 Å². The van der Waals surface area contributed by atoms with Crippen molar-refractivity contribution in [2.45, 2.75) is 5.85 Å². The zero-order chi connectivity index (χ0) is 23.5. The Morgan fingerprint density at radius 1 is 0.706 bits per heavy atom. The Labute approximate surface area is 198 Å². The van der Waals surface area contributed by atoms with E-state index >= 15 is 0 Å². The number of carbonyl (C=O) groups excluding carboxylic acids is 1. The third-order valence-electron chi connectivity index (χ3n) is 6.32. The van der Waals surface area contributed by atoms with Gasteiger partial charge in [-0.15, -0.1) is 0 Å². The molecule has 0 radical (unpaired) electrons. The molecule has 0 spiro atoms. The fraction of sp³-hybridized carbons (Fsp3) is 0.0345. The van der Waals surface area contributed by atoms with E-state index in [1.54, 1.807) is 24.3 Å². The molecule has 0 fully saturated rings. The summed E-state index contributed by atoms with van der Waals surface area (Å²) in [6, 6.07) is 38.7. The van der Waals surface area contributed by atoms with Gasteiger partial charge in [0.05, 0.1) is 0 Å². The molecular formula is C29H22NO3P. The molecule has 1 aliphatic heterocycles. The number of carbonyl (C=O) groups is 1. The molecule has 5 rings (SSSR count). The summed E-state index contributed by atoms with van der Waals surface area (Å²) in [6.45, 7) is 0. The molecule has 166 valence electrons. The third-order valence-corrected chi connectivity index (χ3v) is 11.2. The number of aliphatic hydroxyl groups excluding tert-OH is 1. The second-order valence-corrected chi connectivity index (χ2v) is 12.0. The van der Waals surface area contributed by atoms with Gasteiger partial charge < -0.3 is 0 Å². The standard InChI is InChI=1S/C29H22NO3P/c30-20-21-16-18-22(19-17-21)26-27(31)29(33-28(26)32)34(23-10-4-1-5-11-23,24-12-6-2-7-13-24)25-14-8-3-9-15-25/h1-19,29,31,34H. The van der Waals surface area contributed by atoms with Gasteiger partial charge in [0.25, 0.3) is 0 Å². The molecule has 0 saturated heterocycles. The van der Waals surface area contributed by atoms with Crippen LogP contribution in [0.2, 0.25) is 0 Å². The van der Waals surface area contributed by atoms with Crippen LogP contribution in [0.25, 0.3) is 5.57 Å². The number of aliphatic hydroxyl groups is 1. The van der Waals surface area contributed by atoms with Gasteiger partial charge in [0.1, 0.15) is 0 Å². The second kappa shape index (κ2) is 8.98. The van der Waals surface area contributed by atoms with Crippen molar-refractivity contribution < 1.29 is 14.6 Å². The predicted octanol–water partition coefficient (Wildman–Crippen LogP) is 4.44. The Bertz CT molecular complexity index is 1300. The van der Waals surface area contributed by atoms with Gasteiger partial charge in [-0.05, 0) is 0 Å². The maximum absolute atomic E-state index is 13.2. The van der Waals surface area contributed by atoms with Gasteiger partial charge in [-0.25, -0.2) is 0 Å². The molecular weight excluding hydrogens is 441 g/mol. The van der Waals surface area contributed by atoms with Gasteiger partial charge in [-0.2, -0.15) is 0 Å². The van der Waals surface area contributed by atoms with Gasteiger partial charge >= 0.3 is 199 Å². The zero-order valence-corrected chi connectivity index (χ0v) is 19.3. The molecule has 5 heteroatoms. The van der Waals surface area contributed by atoms with Crippen LogP contribution in [-0.4, -0.2) is 16.9 Å². The van der Waals surface area contributed by atoms with Crippen LogP contribution in [0.3, 0.4) is 0 Å². The van der Waals surface area contributed by atoms with Crippen LogP contribution in [0.1, 0.15) is 11.1 Å². The van der Waals surface area contributed by atoms with Gasteiger partial charge in [0, 0.05) is 0 Å². The third kappa shape index (κ3) is 3.48. The van der Waals surface area contributed by atoms with E-state index in [0.29, 0.717) is 11.1 Å². The van der Waals surface area contributed by atoms with Crippen molar-refractivity contribution >= 4 is 34.7 Å². The van der Waals surface area contributed by atoms with Gasteiger partial charge in [-0.3, -0.25) is 0 Å². The number of cyclic esters (lactones) is 1. The quantitative estimate of drug-likeness (QED) is 0.351. The number of hydrogen-bond acceptors (Lipinski definition) is 4. The first-order valence-electron chi connectivity index (χ1n) is 11.0. The number of hydrogen-bond donors (Lipinski definition) is 1. The molecule has 1 atom stereocenters. The first-order valence-corrected chi connectivity index (χ1v) is 13.0. The first kappa shape index (κ1) is 21.6. The summed E-state index contributed by atoms with van der Waals surface area (Å²) in [5.41, 5.74) is 1.16. The van der Waals surface area contributed by atoms with Crippen molar-refractivity contribution in [3.05, 3.63) is 132 Å². The summed E-state index contributed by atoms with van der Waals surface area (Å²) < 4.78 is 6.06. The van der Waals surface area contributed by atoms with Crippen LogP contribution >= 0.6 is 7.26 Å². The van der Waals surface area contributed by atoms with Crippen molar-refractivity contribution in [2.75, 3.05) is 0 Å².